The van der Waals surface area contributed by atoms with Gasteiger partial charge in [-0.05, 0) is 54.2 Å². The molecule has 2 unspecified atom stereocenters. The van der Waals surface area contributed by atoms with Crippen molar-refractivity contribution in [1.29, 1.82) is 0 Å². The molecule has 0 amide bonds. The first-order chi connectivity index (χ1) is 9.08. The molecule has 2 aliphatic rings. The van der Waals surface area contributed by atoms with Crippen LogP contribution in [0.5, 0.6) is 5.75 Å². The van der Waals surface area contributed by atoms with Crippen molar-refractivity contribution in [2.75, 3.05) is 6.61 Å². The van der Waals surface area contributed by atoms with Crippen molar-refractivity contribution < 1.29 is 4.74 Å². The summed E-state index contributed by atoms with van der Waals surface area (Å²) >= 11 is 0. The van der Waals surface area contributed by atoms with E-state index in [9.17, 15) is 0 Å². The molecule has 1 heterocycles. The van der Waals surface area contributed by atoms with Gasteiger partial charge in [0.1, 0.15) is 5.75 Å². The number of nitrogens with two attached hydrogens (primary N) is 1. The molecule has 0 saturated heterocycles. The van der Waals surface area contributed by atoms with Crippen molar-refractivity contribution in [1.82, 2.24) is 0 Å². The summed E-state index contributed by atoms with van der Waals surface area (Å²) in [6.45, 7) is 5.59. The summed E-state index contributed by atoms with van der Waals surface area (Å²) < 4.78 is 5.68. The second kappa shape index (κ2) is 4.82. The van der Waals surface area contributed by atoms with E-state index >= 15 is 0 Å². The summed E-state index contributed by atoms with van der Waals surface area (Å²) in [7, 11) is 0. The maximum atomic E-state index is 6.57. The van der Waals surface area contributed by atoms with E-state index in [-0.39, 0.29) is 6.04 Å². The van der Waals surface area contributed by atoms with Gasteiger partial charge in [-0.2, -0.15) is 0 Å². The number of benzene rings is 1. The van der Waals surface area contributed by atoms with Crippen LogP contribution in [0.4, 0.5) is 0 Å². The van der Waals surface area contributed by atoms with Gasteiger partial charge in [-0.1, -0.05) is 32.4 Å². The summed E-state index contributed by atoms with van der Waals surface area (Å²) in [5.74, 6) is 1.67. The fourth-order valence-electron chi connectivity index (χ4n) is 3.84. The normalized spacial score (nSPS) is 26.6. The number of hydrogen-bond donors (Lipinski definition) is 1. The van der Waals surface area contributed by atoms with Crippen LogP contribution in [0.1, 0.15) is 56.7 Å². The van der Waals surface area contributed by atoms with Crippen molar-refractivity contribution in [2.45, 2.75) is 52.0 Å². The Morgan fingerprint density at radius 1 is 1.32 bits per heavy atom. The minimum Gasteiger partial charge on any atom is -0.493 e. The Hall–Kier alpha value is -1.02. The molecule has 19 heavy (non-hydrogen) atoms. The Morgan fingerprint density at radius 2 is 2.16 bits per heavy atom. The first-order valence-corrected chi connectivity index (χ1v) is 7.59. The summed E-state index contributed by atoms with van der Waals surface area (Å²) in [5.41, 5.74) is 9.59. The van der Waals surface area contributed by atoms with Crippen LogP contribution in [0.3, 0.4) is 0 Å². The Morgan fingerprint density at radius 3 is 2.89 bits per heavy atom. The molecule has 1 aromatic carbocycles. The van der Waals surface area contributed by atoms with Crippen molar-refractivity contribution in [3.8, 4) is 5.75 Å². The molecule has 0 aromatic heterocycles. The highest BCUT2D eigenvalue weighted by Gasteiger charge is 2.38. The Bertz CT molecular complexity index is 466. The number of ether oxygens (including phenoxy) is 1. The quantitative estimate of drug-likeness (QED) is 0.876. The number of aryl methyl sites for hydroxylation is 1. The van der Waals surface area contributed by atoms with Gasteiger partial charge in [0.15, 0.2) is 0 Å². The van der Waals surface area contributed by atoms with E-state index in [1.165, 1.54) is 30.4 Å². The lowest BCUT2D eigenvalue weighted by molar-refractivity contribution is 0.222. The highest BCUT2D eigenvalue weighted by Crippen LogP contribution is 2.48. The standard InChI is InChI=1S/C17H25NO/c1-17(2)9-3-6-14(17)16(18)13-7-8-15-12(11-13)5-4-10-19-15/h7-8,11,14,16H,3-6,9-10,18H2,1-2H3. The van der Waals surface area contributed by atoms with E-state index < -0.39 is 0 Å². The van der Waals surface area contributed by atoms with Crippen LogP contribution >= 0.6 is 0 Å². The summed E-state index contributed by atoms with van der Waals surface area (Å²) in [6.07, 6.45) is 6.14. The largest absolute Gasteiger partial charge is 0.493 e. The lowest BCUT2D eigenvalue weighted by atomic mass is 9.75. The highest BCUT2D eigenvalue weighted by molar-refractivity contribution is 5.39. The second-order valence-corrected chi connectivity index (χ2v) is 6.83. The predicted octanol–water partition coefficient (Wildman–Crippen LogP) is 3.84. The first kappa shape index (κ1) is 13.0. The molecule has 0 bridgehead atoms. The van der Waals surface area contributed by atoms with Gasteiger partial charge in [-0.15, -0.1) is 0 Å². The van der Waals surface area contributed by atoms with Gasteiger partial charge in [-0.25, -0.2) is 0 Å². The molecule has 2 heteroatoms. The summed E-state index contributed by atoms with van der Waals surface area (Å²) in [4.78, 5) is 0. The molecule has 1 saturated carbocycles. The number of hydrogen-bond acceptors (Lipinski definition) is 2. The Labute approximate surface area is 116 Å². The van der Waals surface area contributed by atoms with Gasteiger partial charge in [-0.3, -0.25) is 0 Å². The molecule has 0 radical (unpaired) electrons. The molecule has 2 atom stereocenters. The lowest BCUT2D eigenvalue weighted by Gasteiger charge is -2.32. The van der Waals surface area contributed by atoms with Gasteiger partial charge in [0.05, 0.1) is 6.61 Å². The Kier molecular flexibility index (Phi) is 3.30. The van der Waals surface area contributed by atoms with Crippen LogP contribution in [0.15, 0.2) is 18.2 Å². The van der Waals surface area contributed by atoms with Gasteiger partial charge in [0.2, 0.25) is 0 Å². The fraction of sp³-hybridized carbons (Fsp3) is 0.647. The SMILES string of the molecule is CC1(C)CCCC1C(N)c1ccc2c(c1)CCCO2. The minimum atomic E-state index is 0.171. The topological polar surface area (TPSA) is 35.2 Å². The van der Waals surface area contributed by atoms with Crippen molar-refractivity contribution in [3.05, 3.63) is 29.3 Å². The zero-order chi connectivity index (χ0) is 13.5. The third kappa shape index (κ3) is 2.38. The average Bonchev–Trinajstić information content (AvgIpc) is 2.77. The van der Waals surface area contributed by atoms with E-state index in [0.29, 0.717) is 11.3 Å². The highest BCUT2D eigenvalue weighted by atomic mass is 16.5. The van der Waals surface area contributed by atoms with Gasteiger partial charge < -0.3 is 10.5 Å². The third-order valence-electron chi connectivity index (χ3n) is 5.09. The second-order valence-electron chi connectivity index (χ2n) is 6.83. The number of fused-ring (bicyclic) bond motifs is 1. The molecule has 1 aliphatic heterocycles. The third-order valence-corrected chi connectivity index (χ3v) is 5.09. The van der Waals surface area contributed by atoms with Crippen LogP contribution in [-0.2, 0) is 6.42 Å². The lowest BCUT2D eigenvalue weighted by Crippen LogP contribution is -2.29. The van der Waals surface area contributed by atoms with Crippen molar-refractivity contribution in [3.63, 3.8) is 0 Å². The van der Waals surface area contributed by atoms with Crippen LogP contribution in [0.25, 0.3) is 0 Å². The maximum absolute atomic E-state index is 6.57. The van der Waals surface area contributed by atoms with E-state index in [2.05, 4.69) is 32.0 Å². The zero-order valence-corrected chi connectivity index (χ0v) is 12.1. The molecule has 1 aliphatic carbocycles. The van der Waals surface area contributed by atoms with E-state index in [4.69, 9.17) is 10.5 Å². The fourth-order valence-corrected chi connectivity index (χ4v) is 3.84. The number of rotatable bonds is 2. The molecule has 1 fully saturated rings. The van der Waals surface area contributed by atoms with Gasteiger partial charge in [0, 0.05) is 6.04 Å². The van der Waals surface area contributed by atoms with Crippen LogP contribution in [0.2, 0.25) is 0 Å². The predicted molar refractivity (Wildman–Crippen MR) is 78.3 cm³/mol. The van der Waals surface area contributed by atoms with Crippen LogP contribution in [0, 0.1) is 11.3 Å². The van der Waals surface area contributed by atoms with E-state index in [0.717, 1.165) is 25.2 Å². The molecular formula is C17H25NO. The first-order valence-electron chi connectivity index (χ1n) is 7.59. The van der Waals surface area contributed by atoms with E-state index in [1.807, 2.05) is 0 Å². The van der Waals surface area contributed by atoms with Crippen LogP contribution in [-0.4, -0.2) is 6.61 Å². The van der Waals surface area contributed by atoms with Gasteiger partial charge >= 0.3 is 0 Å². The molecule has 1 aromatic rings. The Balaban J connectivity index is 1.85. The monoisotopic (exact) mass is 259 g/mol. The van der Waals surface area contributed by atoms with E-state index in [1.54, 1.807) is 0 Å². The molecular weight excluding hydrogens is 234 g/mol. The molecule has 104 valence electrons. The molecule has 2 nitrogen and oxygen atoms in total. The summed E-state index contributed by atoms with van der Waals surface area (Å²) in [5, 5.41) is 0. The average molecular weight is 259 g/mol. The minimum absolute atomic E-state index is 0.171. The van der Waals surface area contributed by atoms with Crippen LogP contribution < -0.4 is 10.5 Å². The van der Waals surface area contributed by atoms with Crippen molar-refractivity contribution in [2.24, 2.45) is 17.1 Å². The molecule has 0 spiro atoms. The smallest absolute Gasteiger partial charge is 0.122 e. The zero-order valence-electron chi connectivity index (χ0n) is 12.1. The molecule has 3 rings (SSSR count). The summed E-state index contributed by atoms with van der Waals surface area (Å²) in [6, 6.07) is 6.74. The van der Waals surface area contributed by atoms with Gasteiger partial charge in [0.25, 0.3) is 0 Å². The molecule has 2 N–H and O–H groups in total. The maximum Gasteiger partial charge on any atom is 0.122 e. The van der Waals surface area contributed by atoms with Crippen molar-refractivity contribution >= 4 is 0 Å².